The number of carbonyl (C=O) groups excluding carboxylic acids is 2. The molecule has 35 heavy (non-hydrogen) atoms. The number of nitrogens with zero attached hydrogens (tertiary/aromatic N) is 2. The van der Waals surface area contributed by atoms with Crippen molar-refractivity contribution in [3.8, 4) is 5.75 Å². The molecule has 0 saturated carbocycles. The Bertz CT molecular complexity index is 1500. The molecule has 0 radical (unpaired) electrons. The largest absolute Gasteiger partial charge is 0.459 e. The Morgan fingerprint density at radius 2 is 1.77 bits per heavy atom. The Morgan fingerprint density at radius 3 is 2.37 bits per heavy atom. The van der Waals surface area contributed by atoms with Gasteiger partial charge in [0.05, 0.1) is 27.9 Å². The lowest BCUT2D eigenvalue weighted by Crippen LogP contribution is -2.40. The zero-order valence-corrected chi connectivity index (χ0v) is 21.1. The molecule has 1 aromatic heterocycles. The lowest BCUT2D eigenvalue weighted by atomic mass is 9.96. The molecular formula is C26H23ClN2O5S. The standard InChI is InChI=1S/C26H23ClN2O5S/c1-14(2)33-25(32)22-15(3)28-26-29(23(22)18-7-9-19(27)10-8-18)24(31)21(35-26)13-17-5-11-20(12-6-17)34-16(4)30/h5-14,23H,1-4H3/b21-13-/t23-/m1/s1. The molecule has 0 saturated heterocycles. The van der Waals surface area contributed by atoms with Crippen molar-refractivity contribution in [2.24, 2.45) is 4.99 Å². The number of hydrogen-bond acceptors (Lipinski definition) is 7. The molecule has 0 amide bonds. The summed E-state index contributed by atoms with van der Waals surface area (Å²) in [5.74, 6) is -0.505. The van der Waals surface area contributed by atoms with Crippen LogP contribution in [0.2, 0.25) is 5.02 Å². The van der Waals surface area contributed by atoms with Gasteiger partial charge in [-0.1, -0.05) is 47.2 Å². The summed E-state index contributed by atoms with van der Waals surface area (Å²) in [5, 5.41) is 0.547. The van der Waals surface area contributed by atoms with Crippen molar-refractivity contribution in [2.45, 2.75) is 39.8 Å². The van der Waals surface area contributed by atoms with E-state index in [1.165, 1.54) is 22.8 Å². The van der Waals surface area contributed by atoms with E-state index in [1.807, 2.05) is 0 Å². The fourth-order valence-corrected chi connectivity index (χ4v) is 4.94. The quantitative estimate of drug-likeness (QED) is 0.385. The van der Waals surface area contributed by atoms with E-state index in [0.717, 1.165) is 11.1 Å². The van der Waals surface area contributed by atoms with Crippen molar-refractivity contribution in [3.63, 3.8) is 0 Å². The van der Waals surface area contributed by atoms with Gasteiger partial charge < -0.3 is 9.47 Å². The van der Waals surface area contributed by atoms with Crippen molar-refractivity contribution in [1.29, 1.82) is 0 Å². The van der Waals surface area contributed by atoms with Crippen LogP contribution in [0.5, 0.6) is 5.75 Å². The number of aromatic nitrogens is 1. The van der Waals surface area contributed by atoms with Gasteiger partial charge in [-0.15, -0.1) is 0 Å². The van der Waals surface area contributed by atoms with E-state index in [2.05, 4.69) is 4.99 Å². The molecule has 9 heteroatoms. The van der Waals surface area contributed by atoms with E-state index in [4.69, 9.17) is 21.1 Å². The van der Waals surface area contributed by atoms with Crippen LogP contribution in [0.4, 0.5) is 0 Å². The summed E-state index contributed by atoms with van der Waals surface area (Å²) in [6.45, 7) is 6.61. The number of hydrogen-bond donors (Lipinski definition) is 0. The number of esters is 2. The first-order chi connectivity index (χ1) is 16.6. The average molecular weight is 511 g/mol. The molecule has 0 unspecified atom stereocenters. The number of fused-ring (bicyclic) bond motifs is 1. The molecule has 4 rings (SSSR count). The molecule has 0 aliphatic carbocycles. The van der Waals surface area contributed by atoms with E-state index in [9.17, 15) is 14.4 Å². The van der Waals surface area contributed by atoms with Crippen molar-refractivity contribution in [3.05, 3.63) is 95.6 Å². The second-order valence-electron chi connectivity index (χ2n) is 8.25. The number of rotatable bonds is 5. The third-order valence-electron chi connectivity index (χ3n) is 5.21. The van der Waals surface area contributed by atoms with Gasteiger partial charge in [-0.25, -0.2) is 9.79 Å². The van der Waals surface area contributed by atoms with E-state index in [1.54, 1.807) is 75.4 Å². The molecule has 1 aliphatic rings. The van der Waals surface area contributed by atoms with Gasteiger partial charge in [0.1, 0.15) is 5.75 Å². The maximum Gasteiger partial charge on any atom is 0.338 e. The van der Waals surface area contributed by atoms with Crippen LogP contribution in [0.25, 0.3) is 6.08 Å². The molecule has 1 aliphatic heterocycles. The molecule has 1 atom stereocenters. The Kier molecular flexibility index (Phi) is 7.05. The summed E-state index contributed by atoms with van der Waals surface area (Å²) in [4.78, 5) is 42.9. The van der Waals surface area contributed by atoms with Gasteiger partial charge in [-0.05, 0) is 62.2 Å². The highest BCUT2D eigenvalue weighted by Crippen LogP contribution is 2.31. The SMILES string of the molecule is CC(=O)Oc1ccc(/C=c2\sc3n(c2=O)[C@H](c2ccc(Cl)cc2)C(C(=O)OC(C)C)=C(C)N=3)cc1. The third kappa shape index (κ3) is 5.28. The summed E-state index contributed by atoms with van der Waals surface area (Å²) in [6.07, 6.45) is 1.42. The first-order valence-corrected chi connectivity index (χ1v) is 12.1. The van der Waals surface area contributed by atoms with Gasteiger partial charge in [0.15, 0.2) is 4.80 Å². The Morgan fingerprint density at radius 1 is 1.11 bits per heavy atom. The van der Waals surface area contributed by atoms with Crippen LogP contribution >= 0.6 is 22.9 Å². The van der Waals surface area contributed by atoms with Gasteiger partial charge in [0, 0.05) is 11.9 Å². The Balaban J connectivity index is 1.86. The predicted molar refractivity (Wildman–Crippen MR) is 134 cm³/mol. The van der Waals surface area contributed by atoms with Gasteiger partial charge in [-0.2, -0.15) is 0 Å². The monoisotopic (exact) mass is 510 g/mol. The van der Waals surface area contributed by atoms with Crippen LogP contribution in [0.1, 0.15) is 44.9 Å². The zero-order chi connectivity index (χ0) is 25.3. The number of allylic oxidation sites excluding steroid dienone is 1. The van der Waals surface area contributed by atoms with E-state index in [0.29, 0.717) is 31.4 Å². The number of thiazole rings is 1. The first kappa shape index (κ1) is 24.6. The maximum absolute atomic E-state index is 13.6. The Labute approximate surface area is 210 Å². The predicted octanol–water partition coefficient (Wildman–Crippen LogP) is 3.77. The van der Waals surface area contributed by atoms with Gasteiger partial charge >= 0.3 is 11.9 Å². The van der Waals surface area contributed by atoms with Crippen molar-refractivity contribution in [1.82, 2.24) is 4.57 Å². The van der Waals surface area contributed by atoms with Gasteiger partial charge in [-0.3, -0.25) is 14.2 Å². The highest BCUT2D eigenvalue weighted by Gasteiger charge is 2.33. The van der Waals surface area contributed by atoms with Crippen LogP contribution in [0, 0.1) is 0 Å². The zero-order valence-electron chi connectivity index (χ0n) is 19.6. The molecule has 180 valence electrons. The molecule has 0 N–H and O–H groups in total. The van der Waals surface area contributed by atoms with E-state index < -0.39 is 18.0 Å². The molecule has 2 aromatic carbocycles. The van der Waals surface area contributed by atoms with Crippen LogP contribution in [0.15, 0.2) is 69.6 Å². The van der Waals surface area contributed by atoms with Gasteiger partial charge in [0.2, 0.25) is 0 Å². The average Bonchev–Trinajstić information content (AvgIpc) is 3.08. The van der Waals surface area contributed by atoms with Crippen LogP contribution in [0.3, 0.4) is 0 Å². The number of ether oxygens (including phenoxy) is 2. The number of carbonyl (C=O) groups is 2. The topological polar surface area (TPSA) is 87.0 Å². The molecule has 3 aromatic rings. The van der Waals surface area contributed by atoms with Gasteiger partial charge in [0.25, 0.3) is 5.56 Å². The summed E-state index contributed by atoms with van der Waals surface area (Å²) in [5.41, 5.74) is 2.00. The highest BCUT2D eigenvalue weighted by atomic mass is 35.5. The highest BCUT2D eigenvalue weighted by molar-refractivity contribution is 7.07. The fourth-order valence-electron chi connectivity index (χ4n) is 3.77. The van der Waals surface area contributed by atoms with Crippen LogP contribution < -0.4 is 19.6 Å². The van der Waals surface area contributed by atoms with E-state index >= 15 is 0 Å². The van der Waals surface area contributed by atoms with Crippen LogP contribution in [-0.4, -0.2) is 22.6 Å². The molecule has 2 heterocycles. The normalized spacial score (nSPS) is 15.6. The van der Waals surface area contributed by atoms with Crippen molar-refractivity contribution >= 4 is 41.0 Å². The number of benzene rings is 2. The minimum atomic E-state index is -0.705. The van der Waals surface area contributed by atoms with E-state index in [-0.39, 0.29) is 11.7 Å². The maximum atomic E-state index is 13.6. The molecule has 0 bridgehead atoms. The molecule has 0 fully saturated rings. The minimum Gasteiger partial charge on any atom is -0.459 e. The number of halogens is 1. The molecule has 7 nitrogen and oxygen atoms in total. The minimum absolute atomic E-state index is 0.278. The summed E-state index contributed by atoms with van der Waals surface area (Å²) >= 11 is 7.33. The second-order valence-corrected chi connectivity index (χ2v) is 9.70. The lowest BCUT2D eigenvalue weighted by Gasteiger charge is -2.25. The summed E-state index contributed by atoms with van der Waals surface area (Å²) in [6, 6.07) is 13.1. The third-order valence-corrected chi connectivity index (χ3v) is 6.44. The summed E-state index contributed by atoms with van der Waals surface area (Å²) < 4.78 is 12.5. The van der Waals surface area contributed by atoms with Crippen molar-refractivity contribution < 1.29 is 19.1 Å². The van der Waals surface area contributed by atoms with Crippen molar-refractivity contribution in [2.75, 3.05) is 0 Å². The first-order valence-electron chi connectivity index (χ1n) is 10.9. The Hall–Kier alpha value is -3.49. The smallest absolute Gasteiger partial charge is 0.338 e. The van der Waals surface area contributed by atoms with Crippen LogP contribution in [-0.2, 0) is 14.3 Å². The second kappa shape index (κ2) is 10.0. The molecule has 0 spiro atoms. The molecular weight excluding hydrogens is 488 g/mol. The lowest BCUT2D eigenvalue weighted by molar-refractivity contribution is -0.143. The summed E-state index contributed by atoms with van der Waals surface area (Å²) in [7, 11) is 0. The fraction of sp³-hybridized carbons (Fsp3) is 0.231.